The second-order valence-electron chi connectivity index (χ2n) is 4.67. The van der Waals surface area contributed by atoms with Crippen LogP contribution in [0.25, 0.3) is 0 Å². The lowest BCUT2D eigenvalue weighted by Crippen LogP contribution is -2.28. The molecule has 0 amide bonds. The van der Waals surface area contributed by atoms with Gasteiger partial charge in [-0.25, -0.2) is 0 Å². The summed E-state index contributed by atoms with van der Waals surface area (Å²) in [4.78, 5) is 12.3. The minimum atomic E-state index is 0.128. The zero-order valence-corrected chi connectivity index (χ0v) is 12.0. The third-order valence-corrected chi connectivity index (χ3v) is 3.23. The van der Waals surface area contributed by atoms with E-state index in [1.165, 1.54) is 0 Å². The van der Waals surface area contributed by atoms with E-state index in [0.29, 0.717) is 17.7 Å². The van der Waals surface area contributed by atoms with Gasteiger partial charge in [0, 0.05) is 12.5 Å². The van der Waals surface area contributed by atoms with E-state index in [0.717, 1.165) is 17.7 Å². The topological polar surface area (TPSA) is 38.3 Å². The molecule has 0 heterocycles. The Morgan fingerprint density at radius 2 is 2.06 bits per heavy atom. The van der Waals surface area contributed by atoms with Gasteiger partial charge in [-0.05, 0) is 44.5 Å². The SMILES string of the molecule is CCNC(C)CC(=O)c1ccc(C)c(C)c1OC. The molecule has 1 aromatic carbocycles. The summed E-state index contributed by atoms with van der Waals surface area (Å²) in [5.41, 5.74) is 2.87. The Morgan fingerprint density at radius 1 is 1.39 bits per heavy atom. The Hall–Kier alpha value is -1.35. The van der Waals surface area contributed by atoms with Crippen LogP contribution >= 0.6 is 0 Å². The van der Waals surface area contributed by atoms with Crippen molar-refractivity contribution in [3.05, 3.63) is 28.8 Å². The first-order valence-corrected chi connectivity index (χ1v) is 6.42. The average molecular weight is 249 g/mol. The molecule has 18 heavy (non-hydrogen) atoms. The van der Waals surface area contributed by atoms with Gasteiger partial charge in [-0.15, -0.1) is 0 Å². The number of ether oxygens (including phenoxy) is 1. The molecule has 1 unspecified atom stereocenters. The Kier molecular flexibility index (Phi) is 5.35. The van der Waals surface area contributed by atoms with Gasteiger partial charge < -0.3 is 10.1 Å². The predicted octanol–water partition coefficient (Wildman–Crippen LogP) is 2.88. The van der Waals surface area contributed by atoms with Crippen LogP contribution in [0.4, 0.5) is 0 Å². The van der Waals surface area contributed by atoms with Crippen LogP contribution in [0.2, 0.25) is 0 Å². The van der Waals surface area contributed by atoms with Gasteiger partial charge in [0.2, 0.25) is 0 Å². The van der Waals surface area contributed by atoms with Crippen molar-refractivity contribution in [1.82, 2.24) is 5.32 Å². The van der Waals surface area contributed by atoms with Gasteiger partial charge in [-0.3, -0.25) is 4.79 Å². The zero-order valence-electron chi connectivity index (χ0n) is 12.0. The van der Waals surface area contributed by atoms with Crippen molar-refractivity contribution < 1.29 is 9.53 Å². The maximum Gasteiger partial charge on any atom is 0.168 e. The number of hydrogen-bond donors (Lipinski definition) is 1. The lowest BCUT2D eigenvalue weighted by atomic mass is 9.98. The maximum atomic E-state index is 12.3. The summed E-state index contributed by atoms with van der Waals surface area (Å²) in [6.07, 6.45) is 0.493. The predicted molar refractivity (Wildman–Crippen MR) is 74.6 cm³/mol. The molecule has 0 bridgehead atoms. The summed E-state index contributed by atoms with van der Waals surface area (Å²) in [7, 11) is 1.62. The standard InChI is InChI=1S/C15H23NO2/c1-6-16-11(3)9-14(17)13-8-7-10(2)12(4)15(13)18-5/h7-8,11,16H,6,9H2,1-5H3. The van der Waals surface area contributed by atoms with Gasteiger partial charge in [0.25, 0.3) is 0 Å². The largest absolute Gasteiger partial charge is 0.496 e. The zero-order chi connectivity index (χ0) is 13.7. The number of ketones is 1. The summed E-state index contributed by atoms with van der Waals surface area (Å²) in [6.45, 7) is 8.94. The van der Waals surface area contributed by atoms with E-state index in [9.17, 15) is 4.79 Å². The molecule has 3 nitrogen and oxygen atoms in total. The number of Topliss-reactive ketones (excluding diaryl/α,β-unsaturated/α-hetero) is 1. The molecule has 0 fully saturated rings. The number of nitrogens with one attached hydrogen (secondary N) is 1. The molecular weight excluding hydrogens is 226 g/mol. The molecule has 1 N–H and O–H groups in total. The minimum absolute atomic E-state index is 0.128. The van der Waals surface area contributed by atoms with Gasteiger partial charge in [-0.2, -0.15) is 0 Å². The molecule has 0 radical (unpaired) electrons. The second kappa shape index (κ2) is 6.55. The summed E-state index contributed by atoms with van der Waals surface area (Å²) in [5.74, 6) is 0.840. The fourth-order valence-electron chi connectivity index (χ4n) is 2.08. The molecule has 0 aliphatic carbocycles. The number of aryl methyl sites for hydroxylation is 1. The molecule has 100 valence electrons. The molecule has 0 saturated carbocycles. The smallest absolute Gasteiger partial charge is 0.168 e. The van der Waals surface area contributed by atoms with Gasteiger partial charge in [0.15, 0.2) is 5.78 Å². The van der Waals surface area contributed by atoms with Crippen molar-refractivity contribution in [3.8, 4) is 5.75 Å². The number of carbonyl (C=O) groups is 1. The Labute approximate surface area is 110 Å². The highest BCUT2D eigenvalue weighted by molar-refractivity contribution is 5.99. The normalized spacial score (nSPS) is 12.3. The van der Waals surface area contributed by atoms with Gasteiger partial charge >= 0.3 is 0 Å². The third-order valence-electron chi connectivity index (χ3n) is 3.23. The van der Waals surface area contributed by atoms with E-state index < -0.39 is 0 Å². The van der Waals surface area contributed by atoms with Gasteiger partial charge in [0.05, 0.1) is 12.7 Å². The summed E-state index contributed by atoms with van der Waals surface area (Å²) in [6, 6.07) is 4.03. The van der Waals surface area contributed by atoms with Crippen LogP contribution in [0.1, 0.15) is 41.8 Å². The summed E-state index contributed by atoms with van der Waals surface area (Å²) in [5, 5.41) is 3.25. The number of rotatable bonds is 6. The lowest BCUT2D eigenvalue weighted by Gasteiger charge is -2.15. The molecule has 1 aromatic rings. The van der Waals surface area contributed by atoms with Gasteiger partial charge in [0.1, 0.15) is 5.75 Å². The van der Waals surface area contributed by atoms with Crippen LogP contribution < -0.4 is 10.1 Å². The number of benzene rings is 1. The molecule has 0 spiro atoms. The fourth-order valence-corrected chi connectivity index (χ4v) is 2.08. The van der Waals surface area contributed by atoms with Crippen LogP contribution in [-0.2, 0) is 0 Å². The van der Waals surface area contributed by atoms with E-state index in [2.05, 4.69) is 5.32 Å². The minimum Gasteiger partial charge on any atom is -0.496 e. The summed E-state index contributed by atoms with van der Waals surface area (Å²) >= 11 is 0. The van der Waals surface area contributed by atoms with E-state index in [-0.39, 0.29) is 11.8 Å². The van der Waals surface area contributed by atoms with E-state index >= 15 is 0 Å². The fraction of sp³-hybridized carbons (Fsp3) is 0.533. The molecule has 1 rings (SSSR count). The quantitative estimate of drug-likeness (QED) is 0.788. The van der Waals surface area contributed by atoms with Crippen LogP contribution in [0, 0.1) is 13.8 Å². The second-order valence-corrected chi connectivity index (χ2v) is 4.67. The van der Waals surface area contributed by atoms with Crippen LogP contribution in [0.5, 0.6) is 5.75 Å². The first kappa shape index (κ1) is 14.7. The Balaban J connectivity index is 2.95. The van der Waals surface area contributed by atoms with Crippen molar-refractivity contribution >= 4 is 5.78 Å². The van der Waals surface area contributed by atoms with Gasteiger partial charge in [-0.1, -0.05) is 13.0 Å². The molecule has 0 saturated heterocycles. The highest BCUT2D eigenvalue weighted by atomic mass is 16.5. The first-order valence-electron chi connectivity index (χ1n) is 6.42. The van der Waals surface area contributed by atoms with Crippen molar-refractivity contribution in [2.75, 3.05) is 13.7 Å². The Morgan fingerprint density at radius 3 is 2.61 bits per heavy atom. The highest BCUT2D eigenvalue weighted by Crippen LogP contribution is 2.27. The highest BCUT2D eigenvalue weighted by Gasteiger charge is 2.17. The van der Waals surface area contributed by atoms with Crippen LogP contribution in [0.3, 0.4) is 0 Å². The van der Waals surface area contributed by atoms with Crippen LogP contribution in [0.15, 0.2) is 12.1 Å². The van der Waals surface area contributed by atoms with Crippen molar-refractivity contribution in [2.24, 2.45) is 0 Å². The maximum absolute atomic E-state index is 12.3. The summed E-state index contributed by atoms with van der Waals surface area (Å²) < 4.78 is 5.38. The number of hydrogen-bond acceptors (Lipinski definition) is 3. The molecular formula is C15H23NO2. The van der Waals surface area contributed by atoms with Crippen molar-refractivity contribution in [3.63, 3.8) is 0 Å². The number of methoxy groups -OCH3 is 1. The first-order chi connectivity index (χ1) is 8.51. The van der Waals surface area contributed by atoms with E-state index in [4.69, 9.17) is 4.74 Å². The van der Waals surface area contributed by atoms with Crippen molar-refractivity contribution in [1.29, 1.82) is 0 Å². The molecule has 1 atom stereocenters. The van der Waals surface area contributed by atoms with Crippen LogP contribution in [-0.4, -0.2) is 25.5 Å². The monoisotopic (exact) mass is 249 g/mol. The number of carbonyl (C=O) groups excluding carboxylic acids is 1. The van der Waals surface area contributed by atoms with E-state index in [1.807, 2.05) is 39.8 Å². The third kappa shape index (κ3) is 3.33. The average Bonchev–Trinajstić information content (AvgIpc) is 2.32. The Bertz CT molecular complexity index is 427. The molecule has 0 aliphatic heterocycles. The van der Waals surface area contributed by atoms with E-state index in [1.54, 1.807) is 7.11 Å². The molecule has 0 aromatic heterocycles. The van der Waals surface area contributed by atoms with Crippen molar-refractivity contribution in [2.45, 2.75) is 40.2 Å². The molecule has 3 heteroatoms. The molecule has 0 aliphatic rings. The lowest BCUT2D eigenvalue weighted by molar-refractivity contribution is 0.0968.